The van der Waals surface area contributed by atoms with Gasteiger partial charge in [-0.1, -0.05) is 0 Å². The Bertz CT molecular complexity index is 2140. The summed E-state index contributed by atoms with van der Waals surface area (Å²) in [5.74, 6) is 0.0159. The van der Waals surface area contributed by atoms with Crippen LogP contribution in [0, 0.1) is 13.8 Å². The second-order valence-electron chi connectivity index (χ2n) is 12.2. The summed E-state index contributed by atoms with van der Waals surface area (Å²) in [5.41, 5.74) is 8.47. The molecule has 1 aromatic carbocycles. The lowest BCUT2D eigenvalue weighted by Crippen LogP contribution is -2.53. The van der Waals surface area contributed by atoms with Crippen molar-refractivity contribution in [2.45, 2.75) is 69.5 Å². The molecule has 2 aliphatic rings. The number of nitrogens with one attached hydrogen (secondary N) is 2. The van der Waals surface area contributed by atoms with Crippen molar-refractivity contribution in [1.29, 1.82) is 0 Å². The lowest BCUT2D eigenvalue weighted by Gasteiger charge is -2.25. The molecule has 0 bridgehead atoms. The number of aliphatic hydroxyl groups is 6. The zero-order chi connectivity index (χ0) is 38.6. The molecular formula is C27H36N9O15P2+. The molecule has 0 spiro atoms. The normalized spacial score (nSPS) is 25.6. The molecule has 26 heteroatoms. The molecular weight excluding hydrogens is 752 g/mol. The highest BCUT2D eigenvalue weighted by Crippen LogP contribution is 2.60. The fraction of sp³-hybridized carbons (Fsp3) is 0.481. The molecule has 4 aromatic rings. The molecule has 1 fully saturated rings. The van der Waals surface area contributed by atoms with Crippen molar-refractivity contribution in [3.8, 4) is 0 Å². The van der Waals surface area contributed by atoms with Gasteiger partial charge in [-0.25, -0.2) is 38.4 Å². The van der Waals surface area contributed by atoms with Gasteiger partial charge >= 0.3 is 27.5 Å². The Balaban J connectivity index is 1.06. The van der Waals surface area contributed by atoms with Crippen LogP contribution < -0.4 is 20.9 Å². The topological polar surface area (TPSA) is 360 Å². The summed E-state index contributed by atoms with van der Waals surface area (Å²) < 4.78 is 46.8. The number of ether oxygens (including phenoxy) is 1. The van der Waals surface area contributed by atoms with E-state index in [9.17, 15) is 54.4 Å². The van der Waals surface area contributed by atoms with E-state index in [1.54, 1.807) is 19.1 Å². The van der Waals surface area contributed by atoms with Gasteiger partial charge in [0, 0.05) is 0 Å². The van der Waals surface area contributed by atoms with E-state index in [2.05, 4.69) is 39.4 Å². The number of phosphoric ester groups is 2. The second-order valence-corrected chi connectivity index (χ2v) is 15.3. The third-order valence-corrected chi connectivity index (χ3v) is 11.2. The zero-order valence-corrected chi connectivity index (χ0v) is 29.4. The molecule has 2 amide bonds. The number of aliphatic hydroxyl groups excluding tert-OH is 6. The lowest BCUT2D eigenvalue weighted by molar-refractivity contribution is -0.667. The number of carbonyl (C=O) groups is 1. The molecule has 24 nitrogen and oxygen atoms in total. The number of fused-ring (bicyclic) bond motifs is 3. The minimum absolute atomic E-state index is 0.00237. The largest absolute Gasteiger partial charge is 0.481 e. The van der Waals surface area contributed by atoms with Crippen LogP contribution in [0.1, 0.15) is 29.3 Å². The Kier molecular flexibility index (Phi) is 10.8. The van der Waals surface area contributed by atoms with E-state index in [1.807, 2.05) is 6.92 Å². The summed E-state index contributed by atoms with van der Waals surface area (Å²) in [6.45, 7) is 0.955. The maximum atomic E-state index is 12.5. The van der Waals surface area contributed by atoms with Gasteiger partial charge in [-0.05, 0) is 37.1 Å². The number of benzene rings is 1. The standard InChI is InChI=1S/C27H35N9O15P2/c1-10-3-12-13(4-11(10)2)35(24-18(32-12)25(42)34-27(43)33-24)5-14(37)19(39)15(38)6-48-52(44,45)51-53(46,47)49-7-16-20(40)21(41)26(50-16)36-9-31-17-22(28)29-8-30-23(17)36/h3-4,8-9,14-16,19-21,25-26,37-42H,5-7H2,1-2H3,(H5,28,29,30,34,43,44,45,46,47)/p+1/t14-,15+,16+,19-,20+,21+,25+,26+/m0/s1. The van der Waals surface area contributed by atoms with Crippen LogP contribution >= 0.6 is 15.6 Å². The number of aryl methyl sites for hydroxylation is 2. The van der Waals surface area contributed by atoms with Gasteiger partial charge in [0.05, 0.1) is 19.5 Å². The number of aromatic nitrogens is 6. The summed E-state index contributed by atoms with van der Waals surface area (Å²) >= 11 is 0. The first-order valence-corrected chi connectivity index (χ1v) is 18.6. The summed E-state index contributed by atoms with van der Waals surface area (Å²) in [5, 5.41) is 68.3. The van der Waals surface area contributed by atoms with Crippen molar-refractivity contribution >= 4 is 55.5 Å². The Morgan fingerprint density at radius 3 is 2.45 bits per heavy atom. The minimum atomic E-state index is -5.53. The lowest BCUT2D eigenvalue weighted by atomic mass is 10.1. The molecule has 3 aromatic heterocycles. The summed E-state index contributed by atoms with van der Waals surface area (Å²) in [4.78, 5) is 48.6. The zero-order valence-electron chi connectivity index (χ0n) is 27.6. The number of imidazole rings is 1. The molecule has 1 saturated heterocycles. The van der Waals surface area contributed by atoms with Gasteiger partial charge in [0.15, 0.2) is 35.1 Å². The van der Waals surface area contributed by atoms with E-state index in [-0.39, 0.29) is 28.5 Å². The first kappa shape index (κ1) is 38.9. The van der Waals surface area contributed by atoms with E-state index >= 15 is 0 Å². The van der Waals surface area contributed by atoms with Crippen molar-refractivity contribution in [2.24, 2.45) is 0 Å². The van der Waals surface area contributed by atoms with Gasteiger partial charge in [-0.15, -0.1) is 0 Å². The number of urea groups is 1. The number of amides is 2. The average Bonchev–Trinajstić information content (AvgIpc) is 3.63. The van der Waals surface area contributed by atoms with Crippen LogP contribution in [0.4, 0.5) is 16.4 Å². The van der Waals surface area contributed by atoms with Crippen LogP contribution in [0.2, 0.25) is 0 Å². The van der Waals surface area contributed by atoms with Crippen molar-refractivity contribution < 1.29 is 77.0 Å². The fourth-order valence-corrected chi connectivity index (χ4v) is 7.80. The van der Waals surface area contributed by atoms with Crippen LogP contribution in [0.25, 0.3) is 22.2 Å². The highest BCUT2D eigenvalue weighted by atomic mass is 31.3. The van der Waals surface area contributed by atoms with Crippen molar-refractivity contribution in [1.82, 2.24) is 29.8 Å². The quantitative estimate of drug-likeness (QED) is 0.0498. The molecule has 10 atom stereocenters. The molecule has 12 N–H and O–H groups in total. The number of hydrogen-bond donors (Lipinski definition) is 11. The maximum Gasteiger partial charge on any atom is 0.481 e. The molecule has 0 aliphatic carbocycles. The summed E-state index contributed by atoms with van der Waals surface area (Å²) in [6.07, 6.45) is -11.3. The van der Waals surface area contributed by atoms with Crippen LogP contribution in [-0.4, -0.2) is 121 Å². The van der Waals surface area contributed by atoms with E-state index in [1.165, 1.54) is 15.5 Å². The first-order valence-electron chi connectivity index (χ1n) is 15.6. The van der Waals surface area contributed by atoms with Gasteiger partial charge in [0.1, 0.15) is 60.5 Å². The van der Waals surface area contributed by atoms with Gasteiger partial charge in [0.2, 0.25) is 0 Å². The third kappa shape index (κ3) is 8.01. The monoisotopic (exact) mass is 788 g/mol. The number of hydrogen-bond acceptors (Lipinski definition) is 18. The van der Waals surface area contributed by atoms with Crippen molar-refractivity contribution in [2.75, 3.05) is 24.3 Å². The number of phosphoric acid groups is 2. The van der Waals surface area contributed by atoms with Gasteiger partial charge < -0.3 is 50.9 Å². The molecule has 53 heavy (non-hydrogen) atoms. The molecule has 2 unspecified atom stereocenters. The number of anilines is 2. The SMILES string of the molecule is Cc1cc2nc3c([n+](C[C@H](O)[C@H](O)[C@H](O)COP(=O)(O)OP(=O)(O)OC[C@H]4O[C@@H](n5cnc6c(N)ncnc65)[C@H](O)[C@@H]4O)c2cc1C)NC(=O)N[C@@H]3O. The Hall–Kier alpha value is -3.84. The highest BCUT2D eigenvalue weighted by Gasteiger charge is 2.46. The van der Waals surface area contributed by atoms with Crippen molar-refractivity contribution in [3.63, 3.8) is 0 Å². The molecule has 6 rings (SSSR count). The van der Waals surface area contributed by atoms with E-state index in [0.717, 1.165) is 17.5 Å². The number of rotatable bonds is 13. The summed E-state index contributed by atoms with van der Waals surface area (Å²) in [7, 11) is -11.0. The third-order valence-electron chi connectivity index (χ3n) is 8.57. The summed E-state index contributed by atoms with van der Waals surface area (Å²) in [6, 6.07) is 2.62. The van der Waals surface area contributed by atoms with E-state index < -0.39 is 90.5 Å². The second kappa shape index (κ2) is 14.8. The van der Waals surface area contributed by atoms with Gasteiger partial charge in [-0.2, -0.15) is 9.63 Å². The Morgan fingerprint density at radius 1 is 1.02 bits per heavy atom. The number of nitrogens with zero attached hydrogens (tertiary/aromatic N) is 6. The smallest absolute Gasteiger partial charge is 0.388 e. The van der Waals surface area contributed by atoms with Gasteiger partial charge in [-0.3, -0.25) is 18.9 Å². The highest BCUT2D eigenvalue weighted by molar-refractivity contribution is 7.61. The molecule has 2 aliphatic heterocycles. The van der Waals surface area contributed by atoms with Crippen LogP contribution in [0.3, 0.4) is 0 Å². The van der Waals surface area contributed by atoms with Crippen LogP contribution in [-0.2, 0) is 33.8 Å². The van der Waals surface area contributed by atoms with Crippen LogP contribution in [0.15, 0.2) is 24.8 Å². The average molecular weight is 789 g/mol. The number of carbonyl (C=O) groups excluding carboxylic acids is 1. The Morgan fingerprint density at radius 2 is 1.72 bits per heavy atom. The molecule has 5 heterocycles. The number of nitrogen functional groups attached to an aromatic ring is 1. The first-order chi connectivity index (χ1) is 24.9. The number of nitrogens with two attached hydrogens (primary N) is 1. The predicted octanol–water partition coefficient (Wildman–Crippen LogP) is -2.36. The van der Waals surface area contributed by atoms with Crippen molar-refractivity contribution in [3.05, 3.63) is 41.6 Å². The molecule has 0 saturated carbocycles. The van der Waals surface area contributed by atoms with E-state index in [4.69, 9.17) is 15.0 Å². The fourth-order valence-electron chi connectivity index (χ4n) is 5.70. The predicted molar refractivity (Wildman–Crippen MR) is 175 cm³/mol. The Labute approximate surface area is 297 Å². The maximum absolute atomic E-state index is 12.5. The van der Waals surface area contributed by atoms with E-state index in [0.29, 0.717) is 11.0 Å². The van der Waals surface area contributed by atoms with Gasteiger partial charge in [0.25, 0.3) is 0 Å². The molecule has 0 radical (unpaired) electrons. The minimum Gasteiger partial charge on any atom is -0.388 e. The van der Waals surface area contributed by atoms with Crippen LogP contribution in [0.5, 0.6) is 0 Å². The molecule has 288 valence electrons.